The van der Waals surface area contributed by atoms with Crippen molar-refractivity contribution in [2.45, 2.75) is 25.1 Å². The standard InChI is InChI=1S/C19H15F5N2O3/c20-13-2-1-3-15(17(13)21)29-14-5-4-10(19(22,23)24)8-12(14)18(28)26-11-6-7-25-16(27)9-11/h1-5,8,11H,6-7,9H2,(H,25,27)(H,26,28). The number of carbonyl (C=O) groups is 2. The first kappa shape index (κ1) is 20.6. The van der Waals surface area contributed by atoms with E-state index in [0.717, 1.165) is 24.3 Å². The van der Waals surface area contributed by atoms with Crippen molar-refractivity contribution >= 4 is 11.8 Å². The maximum absolute atomic E-state index is 13.9. The van der Waals surface area contributed by atoms with E-state index in [0.29, 0.717) is 25.1 Å². The van der Waals surface area contributed by atoms with E-state index >= 15 is 0 Å². The highest BCUT2D eigenvalue weighted by molar-refractivity contribution is 5.97. The number of ether oxygens (including phenoxy) is 1. The predicted molar refractivity (Wildman–Crippen MR) is 91.4 cm³/mol. The first-order valence-electron chi connectivity index (χ1n) is 8.56. The largest absolute Gasteiger partial charge is 0.453 e. The van der Waals surface area contributed by atoms with Gasteiger partial charge in [-0.15, -0.1) is 0 Å². The fraction of sp³-hybridized carbons (Fsp3) is 0.263. The summed E-state index contributed by atoms with van der Waals surface area (Å²) < 4.78 is 71.7. The lowest BCUT2D eigenvalue weighted by Crippen LogP contribution is -2.45. The molecule has 2 aromatic carbocycles. The van der Waals surface area contributed by atoms with Crippen LogP contribution < -0.4 is 15.4 Å². The zero-order valence-electron chi connectivity index (χ0n) is 14.8. The molecule has 0 aliphatic carbocycles. The minimum Gasteiger partial charge on any atom is -0.453 e. The van der Waals surface area contributed by atoms with E-state index in [-0.39, 0.29) is 18.1 Å². The van der Waals surface area contributed by atoms with Crippen molar-refractivity contribution in [2.75, 3.05) is 6.54 Å². The van der Waals surface area contributed by atoms with Crippen LogP contribution >= 0.6 is 0 Å². The van der Waals surface area contributed by atoms with E-state index in [1.807, 2.05) is 0 Å². The summed E-state index contributed by atoms with van der Waals surface area (Å²) in [6.45, 7) is 0.310. The van der Waals surface area contributed by atoms with Crippen LogP contribution in [0.25, 0.3) is 0 Å². The zero-order valence-corrected chi connectivity index (χ0v) is 14.8. The van der Waals surface area contributed by atoms with Gasteiger partial charge in [0.1, 0.15) is 5.75 Å². The van der Waals surface area contributed by atoms with Crippen molar-refractivity contribution in [3.8, 4) is 11.5 Å². The molecular formula is C19H15F5N2O3. The highest BCUT2D eigenvalue weighted by Gasteiger charge is 2.33. The second kappa shape index (κ2) is 8.06. The maximum atomic E-state index is 13.9. The van der Waals surface area contributed by atoms with Crippen LogP contribution in [0.1, 0.15) is 28.8 Å². The highest BCUT2D eigenvalue weighted by Crippen LogP contribution is 2.35. The summed E-state index contributed by atoms with van der Waals surface area (Å²) in [4.78, 5) is 24.0. The lowest BCUT2D eigenvalue weighted by Gasteiger charge is -2.23. The quantitative estimate of drug-likeness (QED) is 0.749. The third-order valence-corrected chi connectivity index (χ3v) is 4.27. The van der Waals surface area contributed by atoms with Crippen LogP contribution in [0.15, 0.2) is 36.4 Å². The summed E-state index contributed by atoms with van der Waals surface area (Å²) in [6.07, 6.45) is -4.37. The molecule has 1 saturated heterocycles. The van der Waals surface area contributed by atoms with Crippen LogP contribution in [0.5, 0.6) is 11.5 Å². The lowest BCUT2D eigenvalue weighted by atomic mass is 10.0. The van der Waals surface area contributed by atoms with E-state index < -0.39 is 46.6 Å². The van der Waals surface area contributed by atoms with Gasteiger partial charge in [0.15, 0.2) is 11.6 Å². The van der Waals surface area contributed by atoms with E-state index in [4.69, 9.17) is 4.74 Å². The molecule has 0 bridgehead atoms. The zero-order chi connectivity index (χ0) is 21.2. The number of carbonyl (C=O) groups excluding carboxylic acids is 2. The average molecular weight is 414 g/mol. The molecule has 0 saturated carbocycles. The molecule has 0 radical (unpaired) electrons. The van der Waals surface area contributed by atoms with Gasteiger partial charge in [-0.3, -0.25) is 9.59 Å². The number of rotatable bonds is 4. The van der Waals surface area contributed by atoms with Gasteiger partial charge in [-0.25, -0.2) is 4.39 Å². The van der Waals surface area contributed by atoms with Crippen molar-refractivity contribution in [3.05, 3.63) is 59.2 Å². The summed E-state index contributed by atoms with van der Waals surface area (Å²) in [7, 11) is 0. The summed E-state index contributed by atoms with van der Waals surface area (Å²) in [5, 5.41) is 5.05. The van der Waals surface area contributed by atoms with E-state index in [2.05, 4.69) is 10.6 Å². The van der Waals surface area contributed by atoms with Gasteiger partial charge in [0.25, 0.3) is 5.91 Å². The Morgan fingerprint density at radius 1 is 1.14 bits per heavy atom. The second-order valence-electron chi connectivity index (χ2n) is 6.38. The van der Waals surface area contributed by atoms with Gasteiger partial charge in [-0.2, -0.15) is 17.6 Å². The van der Waals surface area contributed by atoms with Crippen LogP contribution in [-0.4, -0.2) is 24.4 Å². The molecule has 0 spiro atoms. The highest BCUT2D eigenvalue weighted by atomic mass is 19.4. The smallest absolute Gasteiger partial charge is 0.416 e. The number of halogens is 5. The minimum atomic E-state index is -4.73. The fourth-order valence-electron chi connectivity index (χ4n) is 2.82. The number of amides is 2. The maximum Gasteiger partial charge on any atom is 0.416 e. The Hall–Kier alpha value is -3.17. The number of hydrogen-bond acceptors (Lipinski definition) is 3. The van der Waals surface area contributed by atoms with Crippen LogP contribution in [0.2, 0.25) is 0 Å². The van der Waals surface area contributed by atoms with Gasteiger partial charge in [0.05, 0.1) is 11.1 Å². The third-order valence-electron chi connectivity index (χ3n) is 4.27. The molecule has 2 aromatic rings. The van der Waals surface area contributed by atoms with E-state index in [9.17, 15) is 31.5 Å². The van der Waals surface area contributed by atoms with Gasteiger partial charge in [0, 0.05) is 19.0 Å². The van der Waals surface area contributed by atoms with E-state index in [1.165, 1.54) is 0 Å². The first-order valence-corrected chi connectivity index (χ1v) is 8.56. The molecule has 0 aromatic heterocycles. The summed E-state index contributed by atoms with van der Waals surface area (Å²) in [5.41, 5.74) is -1.63. The van der Waals surface area contributed by atoms with Crippen LogP contribution in [0.3, 0.4) is 0 Å². The number of hydrogen-bond donors (Lipinski definition) is 2. The van der Waals surface area contributed by atoms with Crippen LogP contribution in [0.4, 0.5) is 22.0 Å². The van der Waals surface area contributed by atoms with Crippen molar-refractivity contribution < 1.29 is 36.3 Å². The Balaban J connectivity index is 1.94. The molecule has 10 heteroatoms. The van der Waals surface area contributed by atoms with Gasteiger partial charge in [0.2, 0.25) is 11.7 Å². The summed E-state index contributed by atoms with van der Waals surface area (Å²) in [5.74, 6) is -4.76. The molecule has 2 amide bonds. The number of piperidine rings is 1. The SMILES string of the molecule is O=C1CC(NC(=O)c2cc(C(F)(F)F)ccc2Oc2cccc(F)c2F)CCN1. The summed E-state index contributed by atoms with van der Waals surface area (Å²) in [6, 6.07) is 4.57. The molecule has 1 unspecified atom stereocenters. The lowest BCUT2D eigenvalue weighted by molar-refractivity contribution is -0.137. The molecule has 29 heavy (non-hydrogen) atoms. The molecule has 1 aliphatic rings. The van der Waals surface area contributed by atoms with Gasteiger partial charge >= 0.3 is 6.18 Å². The molecule has 1 fully saturated rings. The second-order valence-corrected chi connectivity index (χ2v) is 6.38. The van der Waals surface area contributed by atoms with Gasteiger partial charge in [-0.05, 0) is 36.8 Å². The van der Waals surface area contributed by atoms with Gasteiger partial charge < -0.3 is 15.4 Å². The average Bonchev–Trinajstić information content (AvgIpc) is 2.65. The number of benzene rings is 2. The Morgan fingerprint density at radius 2 is 1.90 bits per heavy atom. The minimum absolute atomic E-state index is 0.0284. The van der Waals surface area contributed by atoms with Crippen LogP contribution in [-0.2, 0) is 11.0 Å². The summed E-state index contributed by atoms with van der Waals surface area (Å²) >= 11 is 0. The predicted octanol–water partition coefficient (Wildman–Crippen LogP) is 3.78. The first-order chi connectivity index (χ1) is 13.6. The van der Waals surface area contributed by atoms with Crippen molar-refractivity contribution in [1.29, 1.82) is 0 Å². The molecule has 1 aliphatic heterocycles. The van der Waals surface area contributed by atoms with E-state index in [1.54, 1.807) is 0 Å². The number of nitrogens with one attached hydrogen (secondary N) is 2. The third kappa shape index (κ3) is 4.82. The Bertz CT molecular complexity index is 946. The van der Waals surface area contributed by atoms with Crippen molar-refractivity contribution in [1.82, 2.24) is 10.6 Å². The normalized spacial score (nSPS) is 16.9. The molecular weight excluding hydrogens is 399 g/mol. The molecule has 5 nitrogen and oxygen atoms in total. The van der Waals surface area contributed by atoms with Crippen LogP contribution in [0, 0.1) is 11.6 Å². The molecule has 154 valence electrons. The Morgan fingerprint density at radius 3 is 2.59 bits per heavy atom. The van der Waals surface area contributed by atoms with Crippen molar-refractivity contribution in [2.24, 2.45) is 0 Å². The monoisotopic (exact) mass is 414 g/mol. The fourth-order valence-corrected chi connectivity index (χ4v) is 2.82. The number of alkyl halides is 3. The molecule has 2 N–H and O–H groups in total. The molecule has 1 heterocycles. The van der Waals surface area contributed by atoms with Crippen molar-refractivity contribution in [3.63, 3.8) is 0 Å². The molecule has 1 atom stereocenters. The Labute approximate surface area is 161 Å². The van der Waals surface area contributed by atoms with Gasteiger partial charge in [-0.1, -0.05) is 6.07 Å². The Kier molecular flexibility index (Phi) is 5.71. The molecule has 3 rings (SSSR count). The topological polar surface area (TPSA) is 67.4 Å².